The minimum atomic E-state index is 0.773. The monoisotopic (exact) mass is 162 g/mol. The minimum Gasteiger partial charge on any atom is -0.386 e. The first kappa shape index (κ1) is 7.18. The Morgan fingerprint density at radius 3 is 2.75 bits per heavy atom. The van der Waals surface area contributed by atoms with E-state index in [0.29, 0.717) is 0 Å². The summed E-state index contributed by atoms with van der Waals surface area (Å²) in [7, 11) is 0. The maximum absolute atomic E-state index is 5.44. The van der Waals surface area contributed by atoms with Crippen molar-refractivity contribution in [2.45, 2.75) is 0 Å². The van der Waals surface area contributed by atoms with Crippen molar-refractivity contribution in [1.29, 1.82) is 0 Å². The van der Waals surface area contributed by atoms with E-state index in [1.807, 2.05) is 42.6 Å². The molecule has 0 amide bonds. The maximum Gasteiger partial charge on any atom is 0.149 e. The van der Waals surface area contributed by atoms with E-state index in [1.165, 1.54) is 0 Å². The van der Waals surface area contributed by atoms with E-state index in [4.69, 9.17) is 4.84 Å². The maximum atomic E-state index is 5.44. The number of hydroxylamine groups is 1. The molecule has 0 saturated heterocycles. The lowest BCUT2D eigenvalue weighted by Gasteiger charge is -2.15. The van der Waals surface area contributed by atoms with Crippen molar-refractivity contribution in [3.8, 4) is 5.75 Å². The molecule has 1 aromatic carbocycles. The summed E-state index contributed by atoms with van der Waals surface area (Å²) in [6.07, 6.45) is 3.84. The molecule has 0 bridgehead atoms. The summed E-state index contributed by atoms with van der Waals surface area (Å²) >= 11 is 0. The number of benzene rings is 1. The highest BCUT2D eigenvalue weighted by atomic mass is 16.7. The molecule has 3 heteroatoms. The molecule has 1 N–H and O–H groups in total. The van der Waals surface area contributed by atoms with E-state index in [1.54, 1.807) is 5.17 Å². The minimum absolute atomic E-state index is 0.773. The van der Waals surface area contributed by atoms with Crippen LogP contribution in [-0.4, -0.2) is 11.7 Å². The van der Waals surface area contributed by atoms with Gasteiger partial charge in [-0.15, -0.1) is 0 Å². The van der Waals surface area contributed by atoms with Gasteiger partial charge in [-0.3, -0.25) is 5.43 Å². The molecule has 0 radical (unpaired) electrons. The zero-order chi connectivity index (χ0) is 8.23. The van der Waals surface area contributed by atoms with E-state index in [-0.39, 0.29) is 0 Å². The lowest BCUT2D eigenvalue weighted by Crippen LogP contribution is -2.33. The molecule has 0 unspecified atom stereocenters. The molecular weight excluding hydrogens is 152 g/mol. The molecule has 2 rings (SSSR count). The van der Waals surface area contributed by atoms with Gasteiger partial charge in [0, 0.05) is 6.20 Å². The first-order chi connectivity index (χ1) is 5.95. The van der Waals surface area contributed by atoms with Gasteiger partial charge in [0.2, 0.25) is 0 Å². The zero-order valence-corrected chi connectivity index (χ0v) is 6.60. The van der Waals surface area contributed by atoms with Gasteiger partial charge in [-0.05, 0) is 18.2 Å². The van der Waals surface area contributed by atoms with Crippen LogP contribution in [0.1, 0.15) is 0 Å². The van der Waals surface area contributed by atoms with Crippen molar-refractivity contribution in [3.05, 3.63) is 42.6 Å². The topological polar surface area (TPSA) is 24.5 Å². The van der Waals surface area contributed by atoms with Crippen molar-refractivity contribution in [1.82, 2.24) is 10.6 Å². The Kier molecular flexibility index (Phi) is 1.96. The fourth-order valence-electron chi connectivity index (χ4n) is 1.01. The van der Waals surface area contributed by atoms with Crippen LogP contribution in [0.15, 0.2) is 42.6 Å². The van der Waals surface area contributed by atoms with Crippen LogP contribution in [0.5, 0.6) is 5.75 Å². The summed E-state index contributed by atoms with van der Waals surface area (Å²) in [5, 5.41) is 1.66. The molecule has 0 aromatic heterocycles. The average Bonchev–Trinajstić information content (AvgIpc) is 2.59. The summed E-state index contributed by atoms with van der Waals surface area (Å²) in [4.78, 5) is 5.44. The van der Waals surface area contributed by atoms with Crippen LogP contribution < -0.4 is 10.3 Å². The highest BCUT2D eigenvalue weighted by Gasteiger charge is 2.05. The quantitative estimate of drug-likeness (QED) is 0.709. The number of nitrogens with one attached hydrogen (secondary N) is 1. The van der Waals surface area contributed by atoms with E-state index in [2.05, 4.69) is 5.43 Å². The van der Waals surface area contributed by atoms with Gasteiger partial charge in [0.05, 0.1) is 6.54 Å². The number of rotatable bonds is 2. The zero-order valence-electron chi connectivity index (χ0n) is 6.60. The molecule has 1 aliphatic rings. The SMILES string of the molecule is C1=CNN(Oc2ccccc2)C1. The van der Waals surface area contributed by atoms with Gasteiger partial charge in [0.25, 0.3) is 0 Å². The third-order valence-electron chi connectivity index (χ3n) is 1.57. The van der Waals surface area contributed by atoms with Gasteiger partial charge in [-0.2, -0.15) is 0 Å². The Labute approximate surface area is 71.2 Å². The third kappa shape index (κ3) is 1.57. The van der Waals surface area contributed by atoms with Gasteiger partial charge >= 0.3 is 0 Å². The molecule has 0 spiro atoms. The fraction of sp³-hybridized carbons (Fsp3) is 0.111. The second kappa shape index (κ2) is 3.28. The molecule has 1 heterocycles. The van der Waals surface area contributed by atoms with Gasteiger partial charge in [0.1, 0.15) is 5.75 Å². The Bertz CT molecular complexity index is 263. The molecule has 3 nitrogen and oxygen atoms in total. The van der Waals surface area contributed by atoms with Crippen LogP contribution in [0.3, 0.4) is 0 Å². The number of para-hydroxylation sites is 1. The summed E-state index contributed by atoms with van der Waals surface area (Å²) in [5.74, 6) is 0.841. The van der Waals surface area contributed by atoms with Crippen molar-refractivity contribution < 1.29 is 4.84 Å². The summed E-state index contributed by atoms with van der Waals surface area (Å²) in [5.41, 5.74) is 2.94. The molecule has 0 saturated carbocycles. The van der Waals surface area contributed by atoms with Crippen LogP contribution in [0.2, 0.25) is 0 Å². The van der Waals surface area contributed by atoms with Gasteiger partial charge in [-0.25, -0.2) is 0 Å². The Hall–Kier alpha value is -1.48. The number of hydrazine groups is 1. The van der Waals surface area contributed by atoms with E-state index < -0.39 is 0 Å². The van der Waals surface area contributed by atoms with E-state index in [9.17, 15) is 0 Å². The Balaban J connectivity index is 1.95. The number of hydrogen-bond acceptors (Lipinski definition) is 3. The number of nitrogens with zero attached hydrogens (tertiary/aromatic N) is 1. The Morgan fingerprint density at radius 1 is 1.25 bits per heavy atom. The van der Waals surface area contributed by atoms with Crippen molar-refractivity contribution in [3.63, 3.8) is 0 Å². The summed E-state index contributed by atoms with van der Waals surface area (Å²) in [6, 6.07) is 9.68. The van der Waals surface area contributed by atoms with E-state index in [0.717, 1.165) is 12.3 Å². The number of hydrogen-bond donors (Lipinski definition) is 1. The molecule has 0 fully saturated rings. The normalized spacial score (nSPS) is 16.0. The van der Waals surface area contributed by atoms with Crippen LogP contribution in [0, 0.1) is 0 Å². The standard InChI is InChI=1S/C9H10N2O/c1-2-5-9(6-3-1)12-11-8-4-7-10-11/h1-7,10H,8H2. The summed E-state index contributed by atoms with van der Waals surface area (Å²) in [6.45, 7) is 0.773. The van der Waals surface area contributed by atoms with Crippen LogP contribution in [-0.2, 0) is 0 Å². The second-order valence-corrected chi connectivity index (χ2v) is 2.50. The lowest BCUT2D eigenvalue weighted by molar-refractivity contribution is -0.0728. The Morgan fingerprint density at radius 2 is 2.08 bits per heavy atom. The molecule has 0 atom stereocenters. The van der Waals surface area contributed by atoms with Crippen molar-refractivity contribution >= 4 is 0 Å². The van der Waals surface area contributed by atoms with Gasteiger partial charge in [-0.1, -0.05) is 23.4 Å². The van der Waals surface area contributed by atoms with Crippen LogP contribution in [0.25, 0.3) is 0 Å². The fourth-order valence-corrected chi connectivity index (χ4v) is 1.01. The predicted octanol–water partition coefficient (Wildman–Crippen LogP) is 1.31. The van der Waals surface area contributed by atoms with Gasteiger partial charge in [0.15, 0.2) is 0 Å². The lowest BCUT2D eigenvalue weighted by atomic mass is 10.3. The molecule has 0 aliphatic carbocycles. The first-order valence-corrected chi connectivity index (χ1v) is 3.87. The highest BCUT2D eigenvalue weighted by Crippen LogP contribution is 2.10. The average molecular weight is 162 g/mol. The molecular formula is C9H10N2O. The molecule has 12 heavy (non-hydrogen) atoms. The molecule has 1 aliphatic heterocycles. The predicted molar refractivity (Wildman–Crippen MR) is 46.1 cm³/mol. The summed E-state index contributed by atoms with van der Waals surface area (Å²) < 4.78 is 0. The first-order valence-electron chi connectivity index (χ1n) is 3.87. The molecule has 1 aromatic rings. The second-order valence-electron chi connectivity index (χ2n) is 2.50. The molecule has 62 valence electrons. The third-order valence-corrected chi connectivity index (χ3v) is 1.57. The highest BCUT2D eigenvalue weighted by molar-refractivity contribution is 5.20. The van der Waals surface area contributed by atoms with Crippen molar-refractivity contribution in [2.75, 3.05) is 6.54 Å². The van der Waals surface area contributed by atoms with Crippen LogP contribution in [0.4, 0.5) is 0 Å². The largest absolute Gasteiger partial charge is 0.386 e. The smallest absolute Gasteiger partial charge is 0.149 e. The van der Waals surface area contributed by atoms with Crippen molar-refractivity contribution in [2.24, 2.45) is 0 Å². The van der Waals surface area contributed by atoms with E-state index >= 15 is 0 Å². The van der Waals surface area contributed by atoms with Crippen LogP contribution >= 0.6 is 0 Å². The van der Waals surface area contributed by atoms with Gasteiger partial charge < -0.3 is 4.84 Å².